The quantitative estimate of drug-likeness (QED) is 0.571. The minimum absolute atomic E-state index is 0.250. The molecule has 0 radical (unpaired) electrons. The molecule has 1 aliphatic carbocycles. The first-order chi connectivity index (χ1) is 14.5. The summed E-state index contributed by atoms with van der Waals surface area (Å²) in [6.07, 6.45) is 5.14. The van der Waals surface area contributed by atoms with E-state index < -0.39 is 9.84 Å². The molecule has 0 bridgehead atoms. The van der Waals surface area contributed by atoms with Crippen molar-refractivity contribution in [3.05, 3.63) is 83.7 Å². The molecule has 30 heavy (non-hydrogen) atoms. The fourth-order valence-electron chi connectivity index (χ4n) is 4.17. The van der Waals surface area contributed by atoms with Crippen molar-refractivity contribution in [3.8, 4) is 11.1 Å². The highest BCUT2D eigenvalue weighted by Crippen LogP contribution is 2.55. The third-order valence-electron chi connectivity index (χ3n) is 5.83. The van der Waals surface area contributed by atoms with Crippen LogP contribution in [0.25, 0.3) is 11.1 Å². The second kappa shape index (κ2) is 8.70. The van der Waals surface area contributed by atoms with Gasteiger partial charge in [-0.1, -0.05) is 49.7 Å². The van der Waals surface area contributed by atoms with Crippen molar-refractivity contribution in [2.75, 3.05) is 12.4 Å². The molecule has 0 amide bonds. The van der Waals surface area contributed by atoms with E-state index in [1.807, 2.05) is 30.5 Å². The van der Waals surface area contributed by atoms with E-state index in [4.69, 9.17) is 5.11 Å². The lowest BCUT2D eigenvalue weighted by atomic mass is 9.93. The number of aliphatic hydroxyl groups excluding tert-OH is 1. The molecule has 1 aliphatic rings. The van der Waals surface area contributed by atoms with Crippen molar-refractivity contribution in [3.63, 3.8) is 0 Å². The Labute approximate surface area is 178 Å². The molecule has 5 heteroatoms. The van der Waals surface area contributed by atoms with Crippen LogP contribution in [0.3, 0.4) is 0 Å². The molecule has 2 atom stereocenters. The second-order valence-electron chi connectivity index (χ2n) is 7.93. The van der Waals surface area contributed by atoms with Crippen LogP contribution in [-0.2, 0) is 16.3 Å². The number of benzene rings is 2. The van der Waals surface area contributed by atoms with Gasteiger partial charge in [0.1, 0.15) is 0 Å². The highest BCUT2D eigenvalue weighted by Gasteiger charge is 2.41. The van der Waals surface area contributed by atoms with Crippen LogP contribution in [-0.4, -0.2) is 30.9 Å². The molecule has 0 saturated heterocycles. The number of rotatable bonds is 8. The molecule has 2 aromatic carbocycles. The van der Waals surface area contributed by atoms with Crippen molar-refractivity contribution in [1.82, 2.24) is 4.98 Å². The normalized spacial score (nSPS) is 18.3. The fourth-order valence-corrected chi connectivity index (χ4v) is 5.20. The van der Waals surface area contributed by atoms with Crippen LogP contribution in [0.4, 0.5) is 0 Å². The number of aryl methyl sites for hydroxylation is 1. The fraction of sp³-hybridized carbons (Fsp3) is 0.320. The lowest BCUT2D eigenvalue weighted by molar-refractivity contribution is 0.319. The largest absolute Gasteiger partial charge is 0.395 e. The van der Waals surface area contributed by atoms with Gasteiger partial charge in [0.25, 0.3) is 0 Å². The zero-order valence-corrected chi connectivity index (χ0v) is 18.0. The molecule has 0 unspecified atom stereocenters. The zero-order chi connectivity index (χ0) is 21.1. The number of hydrogen-bond acceptors (Lipinski definition) is 4. The molecule has 1 heterocycles. The maximum absolute atomic E-state index is 12.2. The first-order valence-electron chi connectivity index (χ1n) is 10.5. The third-order valence-corrected chi connectivity index (χ3v) is 7.54. The van der Waals surface area contributed by atoms with E-state index in [0.29, 0.717) is 11.8 Å². The Hall–Kier alpha value is -2.50. The zero-order valence-electron chi connectivity index (χ0n) is 17.2. The molecule has 1 saturated carbocycles. The number of hydrogen-bond donors (Lipinski definition) is 1. The predicted molar refractivity (Wildman–Crippen MR) is 119 cm³/mol. The predicted octanol–water partition coefficient (Wildman–Crippen LogP) is 4.74. The van der Waals surface area contributed by atoms with Crippen molar-refractivity contribution in [2.24, 2.45) is 0 Å². The van der Waals surface area contributed by atoms with Gasteiger partial charge < -0.3 is 5.11 Å². The number of aromatic nitrogens is 1. The van der Waals surface area contributed by atoms with Crippen LogP contribution < -0.4 is 0 Å². The SMILES string of the molecule is CCCc1ccc(-c2ccc(S(=O)(=O)CCO)cc2)cc1[C@@H]1C[C@@H]1c1ccccn1. The lowest BCUT2D eigenvalue weighted by Crippen LogP contribution is -2.09. The Morgan fingerprint density at radius 1 is 1.00 bits per heavy atom. The molecule has 0 spiro atoms. The van der Waals surface area contributed by atoms with Gasteiger partial charge in [0.2, 0.25) is 0 Å². The van der Waals surface area contributed by atoms with Crippen molar-refractivity contribution < 1.29 is 13.5 Å². The minimum atomic E-state index is -3.43. The van der Waals surface area contributed by atoms with Crippen LogP contribution in [0.2, 0.25) is 0 Å². The Morgan fingerprint density at radius 2 is 1.77 bits per heavy atom. The van der Waals surface area contributed by atoms with E-state index in [9.17, 15) is 8.42 Å². The van der Waals surface area contributed by atoms with Gasteiger partial charge in [-0.2, -0.15) is 0 Å². The number of sulfone groups is 1. The highest BCUT2D eigenvalue weighted by molar-refractivity contribution is 7.91. The summed E-state index contributed by atoms with van der Waals surface area (Å²) < 4.78 is 24.3. The van der Waals surface area contributed by atoms with Gasteiger partial charge in [0.15, 0.2) is 9.84 Å². The van der Waals surface area contributed by atoms with Crippen LogP contribution >= 0.6 is 0 Å². The number of nitrogens with zero attached hydrogens (tertiary/aromatic N) is 1. The summed E-state index contributed by atoms with van der Waals surface area (Å²) in [6.45, 7) is 1.83. The van der Waals surface area contributed by atoms with Crippen LogP contribution in [0.15, 0.2) is 71.8 Å². The van der Waals surface area contributed by atoms with Crippen LogP contribution in [0.1, 0.15) is 48.4 Å². The molecule has 1 aromatic heterocycles. The lowest BCUT2D eigenvalue weighted by Gasteiger charge is -2.12. The first-order valence-corrected chi connectivity index (χ1v) is 12.2. The average molecular weight is 422 g/mol. The monoisotopic (exact) mass is 421 g/mol. The molecule has 3 aromatic rings. The third kappa shape index (κ3) is 4.32. The molecule has 4 nitrogen and oxygen atoms in total. The first kappa shape index (κ1) is 20.8. The topological polar surface area (TPSA) is 67.3 Å². The van der Waals surface area contributed by atoms with E-state index in [-0.39, 0.29) is 17.3 Å². The molecular weight excluding hydrogens is 394 g/mol. The van der Waals surface area contributed by atoms with Gasteiger partial charge in [-0.3, -0.25) is 4.98 Å². The maximum atomic E-state index is 12.2. The summed E-state index contributed by atoms with van der Waals surface area (Å²) in [5.74, 6) is 0.715. The standard InChI is InChI=1S/C25H27NO3S/c1-2-5-19-7-8-20(18-9-11-21(12-10-18)30(28,29)15-14-27)16-22(19)23-17-24(23)25-6-3-4-13-26-25/h3-4,6-13,16,23-24,27H,2,5,14-15,17H2,1H3/t23-,24-/m0/s1. The van der Waals surface area contributed by atoms with Crippen molar-refractivity contribution in [2.45, 2.75) is 42.9 Å². The molecule has 1 N–H and O–H groups in total. The minimum Gasteiger partial charge on any atom is -0.395 e. The summed E-state index contributed by atoms with van der Waals surface area (Å²) in [5, 5.41) is 8.97. The molecule has 4 rings (SSSR count). The van der Waals surface area contributed by atoms with E-state index in [0.717, 1.165) is 36.1 Å². The summed E-state index contributed by atoms with van der Waals surface area (Å²) in [6, 6.07) is 19.7. The van der Waals surface area contributed by atoms with Gasteiger partial charge in [0.05, 0.1) is 17.3 Å². The van der Waals surface area contributed by atoms with Gasteiger partial charge in [-0.25, -0.2) is 8.42 Å². The van der Waals surface area contributed by atoms with E-state index in [1.165, 1.54) is 11.1 Å². The summed E-state index contributed by atoms with van der Waals surface area (Å²) in [5.41, 5.74) is 6.04. The van der Waals surface area contributed by atoms with Crippen molar-refractivity contribution >= 4 is 9.84 Å². The summed E-state index contributed by atoms with van der Waals surface area (Å²) in [4.78, 5) is 4.80. The van der Waals surface area contributed by atoms with E-state index in [2.05, 4.69) is 36.2 Å². The summed E-state index contributed by atoms with van der Waals surface area (Å²) >= 11 is 0. The van der Waals surface area contributed by atoms with Crippen LogP contribution in [0, 0.1) is 0 Å². The molecular formula is C25H27NO3S. The number of aliphatic hydroxyl groups is 1. The van der Waals surface area contributed by atoms with Gasteiger partial charge in [-0.15, -0.1) is 0 Å². The Bertz CT molecular complexity index is 1110. The van der Waals surface area contributed by atoms with Crippen LogP contribution in [0.5, 0.6) is 0 Å². The van der Waals surface area contributed by atoms with Crippen molar-refractivity contribution in [1.29, 1.82) is 0 Å². The number of pyridine rings is 1. The molecule has 0 aliphatic heterocycles. The van der Waals surface area contributed by atoms with E-state index in [1.54, 1.807) is 12.1 Å². The Kier molecular flexibility index (Phi) is 6.02. The Balaban J connectivity index is 1.63. The Morgan fingerprint density at radius 3 is 2.43 bits per heavy atom. The highest BCUT2D eigenvalue weighted by atomic mass is 32.2. The smallest absolute Gasteiger partial charge is 0.180 e. The van der Waals surface area contributed by atoms with Gasteiger partial charge in [0, 0.05) is 17.8 Å². The second-order valence-corrected chi connectivity index (χ2v) is 10.0. The van der Waals surface area contributed by atoms with Gasteiger partial charge >= 0.3 is 0 Å². The van der Waals surface area contributed by atoms with E-state index >= 15 is 0 Å². The summed E-state index contributed by atoms with van der Waals surface area (Å²) in [7, 11) is -3.43. The molecule has 156 valence electrons. The maximum Gasteiger partial charge on any atom is 0.180 e. The van der Waals surface area contributed by atoms with Gasteiger partial charge in [-0.05, 0) is 65.3 Å². The molecule has 1 fully saturated rings. The average Bonchev–Trinajstić information content (AvgIpc) is 3.56.